The van der Waals surface area contributed by atoms with E-state index in [9.17, 15) is 4.79 Å². The number of rotatable bonds is 3. The van der Waals surface area contributed by atoms with Gasteiger partial charge in [-0.25, -0.2) is 4.79 Å². The Hall–Kier alpha value is -1.07. The van der Waals surface area contributed by atoms with Crippen LogP contribution >= 0.6 is 15.9 Å². The minimum atomic E-state index is -0.747. The van der Waals surface area contributed by atoms with Crippen LogP contribution in [0.5, 0.6) is 0 Å². The molecule has 1 aromatic rings. The summed E-state index contributed by atoms with van der Waals surface area (Å²) in [5.74, 6) is -0.280. The van der Waals surface area contributed by atoms with Crippen molar-refractivity contribution in [1.29, 1.82) is 0 Å². The van der Waals surface area contributed by atoms with E-state index in [0.29, 0.717) is 19.6 Å². The van der Waals surface area contributed by atoms with Crippen molar-refractivity contribution >= 4 is 27.6 Å². The zero-order valence-corrected chi connectivity index (χ0v) is 11.1. The number of hydrogen-bond donors (Lipinski definition) is 1. The molecule has 92 valence electrons. The van der Waals surface area contributed by atoms with Gasteiger partial charge in [0.2, 0.25) is 0 Å². The average molecular weight is 300 g/mol. The molecule has 1 unspecified atom stereocenters. The lowest BCUT2D eigenvalue weighted by atomic mass is 9.98. The van der Waals surface area contributed by atoms with Crippen molar-refractivity contribution in [3.63, 3.8) is 0 Å². The summed E-state index contributed by atoms with van der Waals surface area (Å²) < 4.78 is 11.1. The SMILES string of the molecule is COC(=O)C1(Nc2ccc(Br)cc2)CCOC1. The number of ether oxygens (including phenoxy) is 2. The molecule has 1 saturated heterocycles. The number of hydrogen-bond acceptors (Lipinski definition) is 4. The highest BCUT2D eigenvalue weighted by Gasteiger charge is 2.43. The Balaban J connectivity index is 2.18. The highest BCUT2D eigenvalue weighted by Crippen LogP contribution is 2.26. The fourth-order valence-electron chi connectivity index (χ4n) is 1.88. The predicted molar refractivity (Wildman–Crippen MR) is 67.9 cm³/mol. The molecule has 0 spiro atoms. The number of benzene rings is 1. The lowest BCUT2D eigenvalue weighted by molar-refractivity contribution is -0.146. The Kier molecular flexibility index (Phi) is 3.69. The van der Waals surface area contributed by atoms with Gasteiger partial charge in [-0.3, -0.25) is 0 Å². The maximum Gasteiger partial charge on any atom is 0.334 e. The smallest absolute Gasteiger partial charge is 0.334 e. The summed E-state index contributed by atoms with van der Waals surface area (Å²) in [5.41, 5.74) is 0.131. The van der Waals surface area contributed by atoms with Crippen molar-refractivity contribution in [2.75, 3.05) is 25.6 Å². The number of esters is 1. The third-order valence-corrected chi connectivity index (χ3v) is 3.35. The van der Waals surface area contributed by atoms with Crippen molar-refractivity contribution in [3.05, 3.63) is 28.7 Å². The van der Waals surface area contributed by atoms with Crippen molar-refractivity contribution in [1.82, 2.24) is 0 Å². The Labute approximate surface area is 108 Å². The molecule has 0 saturated carbocycles. The highest BCUT2D eigenvalue weighted by atomic mass is 79.9. The topological polar surface area (TPSA) is 47.6 Å². The van der Waals surface area contributed by atoms with Crippen LogP contribution in [0, 0.1) is 0 Å². The molecule has 0 aromatic heterocycles. The van der Waals surface area contributed by atoms with Gasteiger partial charge in [-0.15, -0.1) is 0 Å². The summed E-state index contributed by atoms with van der Waals surface area (Å²) in [5, 5.41) is 3.21. The van der Waals surface area contributed by atoms with Gasteiger partial charge in [-0.05, 0) is 24.3 Å². The number of carbonyl (C=O) groups excluding carboxylic acids is 1. The Morgan fingerprint density at radius 3 is 2.71 bits per heavy atom. The van der Waals surface area contributed by atoms with Gasteiger partial charge in [0.1, 0.15) is 0 Å². The predicted octanol–water partition coefficient (Wildman–Crippen LogP) is 2.19. The third-order valence-electron chi connectivity index (χ3n) is 2.83. The number of carbonyl (C=O) groups is 1. The van der Waals surface area contributed by atoms with Gasteiger partial charge in [0.25, 0.3) is 0 Å². The summed E-state index contributed by atoms with van der Waals surface area (Å²) in [6, 6.07) is 7.66. The van der Waals surface area contributed by atoms with Gasteiger partial charge in [0.15, 0.2) is 5.54 Å². The minimum absolute atomic E-state index is 0.280. The Morgan fingerprint density at radius 1 is 1.47 bits per heavy atom. The molecule has 1 atom stereocenters. The first-order chi connectivity index (χ1) is 8.16. The van der Waals surface area contributed by atoms with E-state index in [1.165, 1.54) is 7.11 Å². The standard InChI is InChI=1S/C12H14BrNO3/c1-16-11(15)12(6-7-17-8-12)14-10-4-2-9(13)3-5-10/h2-5,14H,6-8H2,1H3. The first-order valence-corrected chi connectivity index (χ1v) is 6.15. The van der Waals surface area contributed by atoms with E-state index in [0.717, 1.165) is 10.2 Å². The van der Waals surface area contributed by atoms with Crippen LogP contribution in [-0.4, -0.2) is 31.8 Å². The number of nitrogens with one attached hydrogen (secondary N) is 1. The summed E-state index contributed by atoms with van der Waals surface area (Å²) in [6.07, 6.45) is 0.621. The summed E-state index contributed by atoms with van der Waals surface area (Å²) >= 11 is 3.37. The molecule has 17 heavy (non-hydrogen) atoms. The molecule has 1 heterocycles. The second kappa shape index (κ2) is 5.06. The third kappa shape index (κ3) is 2.61. The number of methoxy groups -OCH3 is 1. The number of anilines is 1. The molecule has 1 N–H and O–H groups in total. The lowest BCUT2D eigenvalue weighted by Crippen LogP contribution is -2.47. The lowest BCUT2D eigenvalue weighted by Gasteiger charge is -2.26. The Morgan fingerprint density at radius 2 is 2.18 bits per heavy atom. The molecule has 1 aliphatic rings. The van der Waals surface area contributed by atoms with E-state index >= 15 is 0 Å². The first kappa shape index (κ1) is 12.4. The van der Waals surface area contributed by atoms with Crippen LogP contribution in [0.1, 0.15) is 6.42 Å². The summed E-state index contributed by atoms with van der Waals surface area (Å²) in [7, 11) is 1.39. The van der Waals surface area contributed by atoms with E-state index in [4.69, 9.17) is 9.47 Å². The van der Waals surface area contributed by atoms with Crippen molar-refractivity contribution < 1.29 is 14.3 Å². The Bertz CT molecular complexity index is 399. The molecule has 1 aliphatic heterocycles. The van der Waals surface area contributed by atoms with Crippen LogP contribution in [0.25, 0.3) is 0 Å². The van der Waals surface area contributed by atoms with Gasteiger partial charge < -0.3 is 14.8 Å². The van der Waals surface area contributed by atoms with Crippen LogP contribution in [0.2, 0.25) is 0 Å². The van der Waals surface area contributed by atoms with Gasteiger partial charge in [-0.1, -0.05) is 15.9 Å². The average Bonchev–Trinajstić information content (AvgIpc) is 2.81. The van der Waals surface area contributed by atoms with E-state index in [2.05, 4.69) is 21.2 Å². The molecule has 0 radical (unpaired) electrons. The summed E-state index contributed by atoms with van der Waals surface area (Å²) in [6.45, 7) is 0.911. The molecule has 0 amide bonds. The van der Waals surface area contributed by atoms with Crippen molar-refractivity contribution in [2.24, 2.45) is 0 Å². The van der Waals surface area contributed by atoms with Crippen LogP contribution in [-0.2, 0) is 14.3 Å². The molecular weight excluding hydrogens is 286 g/mol. The quantitative estimate of drug-likeness (QED) is 0.869. The normalized spacial score (nSPS) is 23.4. The fourth-order valence-corrected chi connectivity index (χ4v) is 2.14. The zero-order valence-electron chi connectivity index (χ0n) is 9.53. The maximum absolute atomic E-state index is 11.8. The van der Waals surface area contributed by atoms with Gasteiger partial charge in [0.05, 0.1) is 13.7 Å². The van der Waals surface area contributed by atoms with Crippen LogP contribution in [0.3, 0.4) is 0 Å². The van der Waals surface area contributed by atoms with Gasteiger partial charge in [0, 0.05) is 23.2 Å². The molecular formula is C12H14BrNO3. The molecule has 5 heteroatoms. The second-order valence-corrected chi connectivity index (χ2v) is 4.92. The minimum Gasteiger partial charge on any atom is -0.467 e. The highest BCUT2D eigenvalue weighted by molar-refractivity contribution is 9.10. The second-order valence-electron chi connectivity index (χ2n) is 4.01. The molecule has 4 nitrogen and oxygen atoms in total. The van der Waals surface area contributed by atoms with E-state index in [1.54, 1.807) is 0 Å². The molecule has 2 rings (SSSR count). The molecule has 0 aliphatic carbocycles. The summed E-state index contributed by atoms with van der Waals surface area (Å²) in [4.78, 5) is 11.8. The van der Waals surface area contributed by atoms with Crippen molar-refractivity contribution in [3.8, 4) is 0 Å². The van der Waals surface area contributed by atoms with Gasteiger partial charge >= 0.3 is 5.97 Å². The number of halogens is 1. The van der Waals surface area contributed by atoms with E-state index < -0.39 is 5.54 Å². The zero-order chi connectivity index (χ0) is 12.3. The van der Waals surface area contributed by atoms with Gasteiger partial charge in [-0.2, -0.15) is 0 Å². The fraction of sp³-hybridized carbons (Fsp3) is 0.417. The van der Waals surface area contributed by atoms with E-state index in [1.807, 2.05) is 24.3 Å². The van der Waals surface area contributed by atoms with Crippen LogP contribution in [0.4, 0.5) is 5.69 Å². The maximum atomic E-state index is 11.8. The largest absolute Gasteiger partial charge is 0.467 e. The van der Waals surface area contributed by atoms with E-state index in [-0.39, 0.29) is 5.97 Å². The van der Waals surface area contributed by atoms with Crippen LogP contribution in [0.15, 0.2) is 28.7 Å². The monoisotopic (exact) mass is 299 g/mol. The van der Waals surface area contributed by atoms with Crippen LogP contribution < -0.4 is 5.32 Å². The molecule has 1 fully saturated rings. The van der Waals surface area contributed by atoms with Crippen molar-refractivity contribution in [2.45, 2.75) is 12.0 Å². The first-order valence-electron chi connectivity index (χ1n) is 5.36. The molecule has 1 aromatic carbocycles. The molecule has 0 bridgehead atoms.